The molecule has 8 heteroatoms. The van der Waals surface area contributed by atoms with Gasteiger partial charge in [0, 0.05) is 15.3 Å². The Kier molecular flexibility index (Phi) is 7.09. The molecule has 4 aromatic rings. The summed E-state index contributed by atoms with van der Waals surface area (Å²) in [6.45, 7) is 4.04. The quantitative estimate of drug-likeness (QED) is 0.258. The molecule has 5 nitrogen and oxygen atoms in total. The molecule has 0 unspecified atom stereocenters. The standard InChI is InChI=1S/C28H24N2O3S3/c1-4-33-27(32)23-24(18-8-6-5-7-9-18)29-28-30(25(23)19-10-12-20(34-3)13-11-19)26(31)22(36-28)16-21-17(2)14-15-35-21/h5-16,25H,4H2,1-3H3/b22-16-/t25-/m1/s1. The predicted octanol–water partition coefficient (Wildman–Crippen LogP) is 5.03. The number of aromatic nitrogens is 1. The Hall–Kier alpha value is -3.20. The summed E-state index contributed by atoms with van der Waals surface area (Å²) in [5, 5.41) is 2.01. The lowest BCUT2D eigenvalue weighted by Crippen LogP contribution is -2.40. The zero-order valence-electron chi connectivity index (χ0n) is 20.1. The first-order valence-electron chi connectivity index (χ1n) is 11.5. The first-order valence-corrected chi connectivity index (χ1v) is 14.4. The molecule has 0 saturated heterocycles. The molecule has 182 valence electrons. The number of carbonyl (C=O) groups excluding carboxylic acids is 1. The molecule has 0 amide bonds. The number of fused-ring (bicyclic) bond motifs is 1. The van der Waals surface area contributed by atoms with E-state index in [2.05, 4.69) is 0 Å². The van der Waals surface area contributed by atoms with Gasteiger partial charge in [-0.15, -0.1) is 23.1 Å². The van der Waals surface area contributed by atoms with Crippen LogP contribution in [0.4, 0.5) is 0 Å². The third-order valence-electron chi connectivity index (χ3n) is 5.97. The zero-order chi connectivity index (χ0) is 25.2. The van der Waals surface area contributed by atoms with Crippen molar-refractivity contribution in [1.82, 2.24) is 4.57 Å². The van der Waals surface area contributed by atoms with Gasteiger partial charge in [0.2, 0.25) is 0 Å². The third-order valence-corrected chi connectivity index (χ3v) is 8.66. The maximum absolute atomic E-state index is 13.8. The van der Waals surface area contributed by atoms with E-state index in [1.807, 2.05) is 85.3 Å². The summed E-state index contributed by atoms with van der Waals surface area (Å²) in [6, 6.07) is 19.0. The number of thiophene rings is 1. The highest BCUT2D eigenvalue weighted by Crippen LogP contribution is 2.35. The molecule has 3 heterocycles. The molecule has 0 N–H and O–H groups in total. The Bertz CT molecular complexity index is 1630. The molecule has 0 bridgehead atoms. The fourth-order valence-electron chi connectivity index (χ4n) is 4.19. The van der Waals surface area contributed by atoms with E-state index < -0.39 is 12.0 Å². The van der Waals surface area contributed by atoms with Crippen molar-refractivity contribution in [2.45, 2.75) is 24.8 Å². The summed E-state index contributed by atoms with van der Waals surface area (Å²) in [4.78, 5) is 34.9. The average molecular weight is 533 g/mol. The average Bonchev–Trinajstić information content (AvgIpc) is 3.45. The lowest BCUT2D eigenvalue weighted by molar-refractivity contribution is -0.138. The molecule has 0 spiro atoms. The van der Waals surface area contributed by atoms with E-state index in [1.165, 1.54) is 11.3 Å². The van der Waals surface area contributed by atoms with Gasteiger partial charge in [-0.3, -0.25) is 9.36 Å². The van der Waals surface area contributed by atoms with Crippen molar-refractivity contribution in [3.05, 3.63) is 113 Å². The van der Waals surface area contributed by atoms with Crippen molar-refractivity contribution < 1.29 is 9.53 Å². The molecule has 0 saturated carbocycles. The number of esters is 1. The van der Waals surface area contributed by atoms with Crippen LogP contribution in [0.3, 0.4) is 0 Å². The van der Waals surface area contributed by atoms with Gasteiger partial charge in [0.15, 0.2) is 4.80 Å². The van der Waals surface area contributed by atoms with Gasteiger partial charge in [-0.25, -0.2) is 9.79 Å². The minimum Gasteiger partial charge on any atom is -0.463 e. The van der Waals surface area contributed by atoms with Crippen LogP contribution in [0.2, 0.25) is 0 Å². The van der Waals surface area contributed by atoms with Crippen molar-refractivity contribution in [3.8, 4) is 0 Å². The maximum atomic E-state index is 13.8. The van der Waals surface area contributed by atoms with E-state index in [1.54, 1.807) is 34.6 Å². The molecule has 5 rings (SSSR count). The Balaban J connectivity index is 1.83. The normalized spacial score (nSPS) is 15.5. The summed E-state index contributed by atoms with van der Waals surface area (Å²) < 4.78 is 7.74. The van der Waals surface area contributed by atoms with Crippen LogP contribution in [-0.2, 0) is 9.53 Å². The lowest BCUT2D eigenvalue weighted by Gasteiger charge is -2.26. The van der Waals surface area contributed by atoms with Crippen LogP contribution in [0.25, 0.3) is 11.8 Å². The smallest absolute Gasteiger partial charge is 0.338 e. The first-order chi connectivity index (χ1) is 17.5. The summed E-state index contributed by atoms with van der Waals surface area (Å²) in [5.74, 6) is -0.470. The minimum atomic E-state index is -0.655. The number of nitrogens with zero attached hydrogens (tertiary/aromatic N) is 2. The van der Waals surface area contributed by atoms with Gasteiger partial charge in [0.05, 0.1) is 28.5 Å². The van der Waals surface area contributed by atoms with Crippen molar-refractivity contribution in [1.29, 1.82) is 0 Å². The monoisotopic (exact) mass is 532 g/mol. The molecule has 36 heavy (non-hydrogen) atoms. The molecule has 0 radical (unpaired) electrons. The predicted molar refractivity (Wildman–Crippen MR) is 148 cm³/mol. The Labute approximate surface area is 221 Å². The van der Waals surface area contributed by atoms with Gasteiger partial charge >= 0.3 is 5.97 Å². The van der Waals surface area contributed by atoms with Crippen LogP contribution >= 0.6 is 34.4 Å². The van der Waals surface area contributed by atoms with E-state index in [-0.39, 0.29) is 12.2 Å². The van der Waals surface area contributed by atoms with Crippen molar-refractivity contribution in [2.75, 3.05) is 12.9 Å². The fraction of sp³-hybridized carbons (Fsp3) is 0.179. The van der Waals surface area contributed by atoms with Crippen LogP contribution in [-0.4, -0.2) is 23.4 Å². The van der Waals surface area contributed by atoms with Gasteiger partial charge in [-0.2, -0.15) is 0 Å². The van der Waals surface area contributed by atoms with Gasteiger partial charge in [0.1, 0.15) is 0 Å². The van der Waals surface area contributed by atoms with E-state index in [9.17, 15) is 9.59 Å². The number of ether oxygens (including phenoxy) is 1. The van der Waals surface area contributed by atoms with Crippen LogP contribution in [0, 0.1) is 6.92 Å². The fourth-order valence-corrected chi connectivity index (χ4v) is 6.52. The number of thiazole rings is 1. The van der Waals surface area contributed by atoms with Gasteiger partial charge in [-0.05, 0) is 60.9 Å². The summed E-state index contributed by atoms with van der Waals surface area (Å²) in [7, 11) is 0. The molecular formula is C28H24N2O3S3. The SMILES string of the molecule is CCOC(=O)C1=C(c2ccccc2)N=c2s/c(=C\c3sccc3C)c(=O)n2[C@@H]1c1ccc(SC)cc1. The van der Waals surface area contributed by atoms with Crippen molar-refractivity contribution >= 4 is 52.2 Å². The lowest BCUT2D eigenvalue weighted by atomic mass is 9.93. The van der Waals surface area contributed by atoms with E-state index in [4.69, 9.17) is 9.73 Å². The molecule has 1 aliphatic heterocycles. The Morgan fingerprint density at radius 1 is 1.14 bits per heavy atom. The van der Waals surface area contributed by atoms with Crippen molar-refractivity contribution in [3.63, 3.8) is 0 Å². The molecule has 0 fully saturated rings. The minimum absolute atomic E-state index is 0.167. The van der Waals surface area contributed by atoms with Crippen LogP contribution in [0.1, 0.15) is 34.5 Å². The highest BCUT2D eigenvalue weighted by Gasteiger charge is 2.35. The summed E-state index contributed by atoms with van der Waals surface area (Å²) >= 11 is 4.58. The number of hydrogen-bond donors (Lipinski definition) is 0. The van der Waals surface area contributed by atoms with Gasteiger partial charge in [-0.1, -0.05) is 53.8 Å². The second-order valence-electron chi connectivity index (χ2n) is 8.17. The first kappa shape index (κ1) is 24.5. The number of carbonyl (C=O) groups is 1. The summed E-state index contributed by atoms with van der Waals surface area (Å²) in [5.41, 5.74) is 3.49. The second-order valence-corrected chi connectivity index (χ2v) is 11.0. The molecule has 2 aromatic heterocycles. The molecule has 1 atom stereocenters. The maximum Gasteiger partial charge on any atom is 0.338 e. The van der Waals surface area contributed by atoms with Gasteiger partial charge < -0.3 is 4.74 Å². The number of aryl methyl sites for hydroxylation is 1. The van der Waals surface area contributed by atoms with Crippen LogP contribution in [0.15, 0.2) is 86.3 Å². The van der Waals surface area contributed by atoms with E-state index in [0.29, 0.717) is 20.6 Å². The summed E-state index contributed by atoms with van der Waals surface area (Å²) in [6.07, 6.45) is 3.94. The zero-order valence-corrected chi connectivity index (χ0v) is 22.5. The van der Waals surface area contributed by atoms with Crippen LogP contribution < -0.4 is 14.9 Å². The Morgan fingerprint density at radius 2 is 1.89 bits per heavy atom. The van der Waals surface area contributed by atoms with E-state index in [0.717, 1.165) is 26.5 Å². The number of hydrogen-bond acceptors (Lipinski definition) is 7. The number of rotatable bonds is 6. The largest absolute Gasteiger partial charge is 0.463 e. The highest BCUT2D eigenvalue weighted by molar-refractivity contribution is 7.98. The Morgan fingerprint density at radius 3 is 2.53 bits per heavy atom. The highest BCUT2D eigenvalue weighted by atomic mass is 32.2. The molecule has 1 aliphatic rings. The number of benzene rings is 2. The topological polar surface area (TPSA) is 60.7 Å². The second kappa shape index (κ2) is 10.4. The van der Waals surface area contributed by atoms with Gasteiger partial charge in [0.25, 0.3) is 5.56 Å². The van der Waals surface area contributed by atoms with Crippen LogP contribution in [0.5, 0.6) is 0 Å². The molecule has 0 aliphatic carbocycles. The van der Waals surface area contributed by atoms with Crippen molar-refractivity contribution in [2.24, 2.45) is 4.99 Å². The molecule has 2 aromatic carbocycles. The number of thioether (sulfide) groups is 1. The van der Waals surface area contributed by atoms with E-state index >= 15 is 0 Å². The third kappa shape index (κ3) is 4.52. The molecular weight excluding hydrogens is 509 g/mol.